The SMILES string of the molecule is C=C[C@@H](N)CO[Si](C)(C)C(C)(C)C. The average molecular weight is 201 g/mol. The molecule has 2 N–H and O–H groups in total. The maximum absolute atomic E-state index is 5.89. The van der Waals surface area contributed by atoms with E-state index < -0.39 is 8.32 Å². The highest BCUT2D eigenvalue weighted by Gasteiger charge is 2.37. The van der Waals surface area contributed by atoms with E-state index in [2.05, 4.69) is 40.4 Å². The first-order valence-corrected chi connectivity index (χ1v) is 7.63. The molecule has 0 aliphatic carbocycles. The number of hydrogen-bond acceptors (Lipinski definition) is 2. The Morgan fingerprint density at radius 2 is 1.92 bits per heavy atom. The Balaban J connectivity index is 4.11. The van der Waals surface area contributed by atoms with Crippen LogP contribution in [0.15, 0.2) is 12.7 Å². The molecule has 0 radical (unpaired) electrons. The molecular weight excluding hydrogens is 178 g/mol. The molecule has 0 aromatic rings. The highest BCUT2D eigenvalue weighted by Crippen LogP contribution is 2.36. The first-order chi connectivity index (χ1) is 5.70. The Morgan fingerprint density at radius 1 is 1.46 bits per heavy atom. The predicted octanol–water partition coefficient (Wildman–Crippen LogP) is 2.52. The largest absolute Gasteiger partial charge is 0.415 e. The third-order valence-electron chi connectivity index (χ3n) is 2.75. The smallest absolute Gasteiger partial charge is 0.192 e. The van der Waals surface area contributed by atoms with Gasteiger partial charge in [-0.05, 0) is 18.1 Å². The lowest BCUT2D eigenvalue weighted by Crippen LogP contribution is -2.43. The van der Waals surface area contributed by atoms with Crippen molar-refractivity contribution in [2.75, 3.05) is 6.61 Å². The second kappa shape index (κ2) is 4.40. The van der Waals surface area contributed by atoms with E-state index in [0.717, 1.165) is 0 Å². The zero-order valence-corrected chi connectivity index (χ0v) is 10.6. The Kier molecular flexibility index (Phi) is 4.36. The van der Waals surface area contributed by atoms with E-state index in [-0.39, 0.29) is 11.1 Å². The lowest BCUT2D eigenvalue weighted by Gasteiger charge is -2.36. The maximum Gasteiger partial charge on any atom is 0.192 e. The summed E-state index contributed by atoms with van der Waals surface area (Å²) in [5.41, 5.74) is 5.70. The minimum absolute atomic E-state index is 0.0332. The fourth-order valence-corrected chi connectivity index (χ4v) is 1.63. The van der Waals surface area contributed by atoms with Crippen molar-refractivity contribution >= 4 is 8.32 Å². The van der Waals surface area contributed by atoms with Crippen LogP contribution in [0.25, 0.3) is 0 Å². The molecule has 0 saturated carbocycles. The van der Waals surface area contributed by atoms with Crippen molar-refractivity contribution in [1.82, 2.24) is 0 Å². The van der Waals surface area contributed by atoms with Gasteiger partial charge in [0.1, 0.15) is 0 Å². The lowest BCUT2D eigenvalue weighted by molar-refractivity contribution is 0.278. The predicted molar refractivity (Wildman–Crippen MR) is 61.3 cm³/mol. The van der Waals surface area contributed by atoms with E-state index in [9.17, 15) is 0 Å². The van der Waals surface area contributed by atoms with Crippen LogP contribution in [0.2, 0.25) is 18.1 Å². The molecule has 0 saturated heterocycles. The molecule has 0 aliphatic rings. The molecule has 0 amide bonds. The van der Waals surface area contributed by atoms with Crippen LogP contribution in [-0.4, -0.2) is 21.0 Å². The summed E-state index contributed by atoms with van der Waals surface area (Å²) >= 11 is 0. The van der Waals surface area contributed by atoms with Gasteiger partial charge in [-0.15, -0.1) is 6.58 Å². The van der Waals surface area contributed by atoms with E-state index in [0.29, 0.717) is 6.61 Å². The van der Waals surface area contributed by atoms with Gasteiger partial charge in [0.25, 0.3) is 0 Å². The van der Waals surface area contributed by atoms with Gasteiger partial charge in [0.2, 0.25) is 0 Å². The van der Waals surface area contributed by atoms with Gasteiger partial charge < -0.3 is 10.2 Å². The fourth-order valence-electron chi connectivity index (χ4n) is 0.589. The molecule has 0 aromatic carbocycles. The first kappa shape index (κ1) is 12.9. The molecule has 2 nitrogen and oxygen atoms in total. The van der Waals surface area contributed by atoms with Gasteiger partial charge in [-0.2, -0.15) is 0 Å². The molecule has 13 heavy (non-hydrogen) atoms. The van der Waals surface area contributed by atoms with Crippen molar-refractivity contribution in [3.8, 4) is 0 Å². The van der Waals surface area contributed by atoms with E-state index in [1.54, 1.807) is 6.08 Å². The van der Waals surface area contributed by atoms with Crippen LogP contribution in [0.3, 0.4) is 0 Å². The van der Waals surface area contributed by atoms with Crippen molar-refractivity contribution in [1.29, 1.82) is 0 Å². The maximum atomic E-state index is 5.89. The van der Waals surface area contributed by atoms with Gasteiger partial charge in [-0.25, -0.2) is 0 Å². The molecule has 0 unspecified atom stereocenters. The molecule has 0 rings (SSSR count). The van der Waals surface area contributed by atoms with Gasteiger partial charge in [0.15, 0.2) is 8.32 Å². The summed E-state index contributed by atoms with van der Waals surface area (Å²) in [6.07, 6.45) is 1.73. The second-order valence-electron chi connectivity index (χ2n) is 4.97. The lowest BCUT2D eigenvalue weighted by atomic mass is 10.2. The van der Waals surface area contributed by atoms with Crippen LogP contribution >= 0.6 is 0 Å². The minimum atomic E-state index is -1.61. The third kappa shape index (κ3) is 4.07. The van der Waals surface area contributed by atoms with Crippen molar-refractivity contribution in [2.45, 2.75) is 44.9 Å². The first-order valence-electron chi connectivity index (χ1n) is 4.73. The van der Waals surface area contributed by atoms with Crippen LogP contribution < -0.4 is 5.73 Å². The van der Waals surface area contributed by atoms with Gasteiger partial charge in [-0.3, -0.25) is 0 Å². The van der Waals surface area contributed by atoms with Crippen molar-refractivity contribution in [2.24, 2.45) is 5.73 Å². The number of hydrogen-bond donors (Lipinski definition) is 1. The molecule has 0 aromatic heterocycles. The monoisotopic (exact) mass is 201 g/mol. The Bertz CT molecular complexity index is 172. The molecule has 78 valence electrons. The van der Waals surface area contributed by atoms with Crippen molar-refractivity contribution in [3.05, 3.63) is 12.7 Å². The quantitative estimate of drug-likeness (QED) is 0.560. The highest BCUT2D eigenvalue weighted by molar-refractivity contribution is 6.74. The van der Waals surface area contributed by atoms with E-state index >= 15 is 0 Å². The summed E-state index contributed by atoms with van der Waals surface area (Å²) in [6, 6.07) is -0.0332. The summed E-state index contributed by atoms with van der Waals surface area (Å²) in [5, 5.41) is 0.258. The molecule has 0 heterocycles. The van der Waals surface area contributed by atoms with E-state index in [1.807, 2.05) is 0 Å². The topological polar surface area (TPSA) is 35.2 Å². The summed E-state index contributed by atoms with van der Waals surface area (Å²) < 4.78 is 5.89. The normalized spacial score (nSPS) is 15.5. The van der Waals surface area contributed by atoms with Crippen LogP contribution in [0.5, 0.6) is 0 Å². The summed E-state index contributed by atoms with van der Waals surface area (Å²) in [4.78, 5) is 0. The molecule has 1 atom stereocenters. The van der Waals surface area contributed by atoms with Crippen molar-refractivity contribution < 1.29 is 4.43 Å². The molecule has 0 spiro atoms. The van der Waals surface area contributed by atoms with Crippen LogP contribution in [0.1, 0.15) is 20.8 Å². The van der Waals surface area contributed by atoms with Gasteiger partial charge in [0.05, 0.1) is 6.61 Å². The molecule has 0 bridgehead atoms. The van der Waals surface area contributed by atoms with Crippen LogP contribution in [-0.2, 0) is 4.43 Å². The standard InChI is InChI=1S/C10H23NOSi/c1-7-9(11)8-12-13(5,6)10(2,3)4/h7,9H,1,8,11H2,2-6H3/t9-/m1/s1. The van der Waals surface area contributed by atoms with Gasteiger partial charge >= 0.3 is 0 Å². The zero-order chi connectivity index (χ0) is 10.7. The summed E-state index contributed by atoms with van der Waals surface area (Å²) in [5.74, 6) is 0. The van der Waals surface area contributed by atoms with Gasteiger partial charge in [0, 0.05) is 6.04 Å². The molecule has 0 fully saturated rings. The molecular formula is C10H23NOSi. The van der Waals surface area contributed by atoms with E-state index in [1.165, 1.54) is 0 Å². The van der Waals surface area contributed by atoms with Crippen molar-refractivity contribution in [3.63, 3.8) is 0 Å². The Labute approximate surface area is 83.3 Å². The van der Waals surface area contributed by atoms with Gasteiger partial charge in [-0.1, -0.05) is 26.8 Å². The second-order valence-corrected chi connectivity index (χ2v) is 9.78. The molecule has 0 aliphatic heterocycles. The fraction of sp³-hybridized carbons (Fsp3) is 0.800. The van der Waals surface area contributed by atoms with E-state index in [4.69, 9.17) is 10.2 Å². The number of rotatable bonds is 4. The number of nitrogens with two attached hydrogens (primary N) is 1. The minimum Gasteiger partial charge on any atom is -0.415 e. The Hall–Kier alpha value is -0.123. The summed E-state index contributed by atoms with van der Waals surface area (Å²) in [6.45, 7) is 15.3. The third-order valence-corrected chi connectivity index (χ3v) is 7.25. The highest BCUT2D eigenvalue weighted by atomic mass is 28.4. The average Bonchev–Trinajstić information content (AvgIpc) is 1.98. The summed E-state index contributed by atoms with van der Waals surface area (Å²) in [7, 11) is -1.61. The van der Waals surface area contributed by atoms with Crippen LogP contribution in [0.4, 0.5) is 0 Å². The van der Waals surface area contributed by atoms with Crippen LogP contribution in [0, 0.1) is 0 Å². The zero-order valence-electron chi connectivity index (χ0n) is 9.55. The Morgan fingerprint density at radius 3 is 2.23 bits per heavy atom. The molecule has 3 heteroatoms.